The summed E-state index contributed by atoms with van der Waals surface area (Å²) < 4.78 is 5.42. The van der Waals surface area contributed by atoms with Gasteiger partial charge in [-0.2, -0.15) is 0 Å². The number of nitrogens with zero attached hydrogens (tertiary/aromatic N) is 2. The second-order valence-electron chi connectivity index (χ2n) is 3.52. The van der Waals surface area contributed by atoms with Gasteiger partial charge < -0.3 is 4.42 Å². The Bertz CT molecular complexity index is 676. The fraction of sp³-hybridized carbons (Fsp3) is 0. The average Bonchev–Trinajstić information content (AvgIpc) is 2.82. The minimum Gasteiger partial charge on any atom is -0.463 e. The molecule has 2 aliphatic rings. The summed E-state index contributed by atoms with van der Waals surface area (Å²) in [5.41, 5.74) is 4.06. The Morgan fingerprint density at radius 1 is 1.29 bits per heavy atom. The second-order valence-corrected chi connectivity index (χ2v) is 3.52. The minimum atomic E-state index is -0.488. The molecule has 1 aromatic rings. The molecule has 0 saturated heterocycles. The van der Waals surface area contributed by atoms with Crippen LogP contribution in [0.15, 0.2) is 34.9 Å². The lowest BCUT2D eigenvalue weighted by Gasteiger charge is -2.02. The maximum Gasteiger partial charge on any atom is 0.286 e. The van der Waals surface area contributed by atoms with E-state index in [-0.39, 0.29) is 5.69 Å². The zero-order chi connectivity index (χ0) is 11.8. The Morgan fingerprint density at radius 2 is 2.12 bits per heavy atom. The van der Waals surface area contributed by atoms with Crippen molar-refractivity contribution >= 4 is 16.9 Å². The summed E-state index contributed by atoms with van der Waals surface area (Å²) in [6.07, 6.45) is 1.46. The third-order valence-electron chi connectivity index (χ3n) is 2.55. The number of amides is 1. The van der Waals surface area contributed by atoms with E-state index in [2.05, 4.69) is 10.2 Å². The largest absolute Gasteiger partial charge is 0.463 e. The monoisotopic (exact) mass is 228 g/mol. The van der Waals surface area contributed by atoms with Crippen LogP contribution in [-0.4, -0.2) is 16.1 Å². The summed E-state index contributed by atoms with van der Waals surface area (Å²) in [5.74, 6) is 4.58. The number of fused-ring (bicyclic) bond motifs is 3. The molecule has 0 spiro atoms. The lowest BCUT2D eigenvalue weighted by molar-refractivity contribution is 0.0949. The number of nitrogens with two attached hydrogens (primary N) is 1. The first-order valence-corrected chi connectivity index (χ1v) is 4.95. The first-order valence-electron chi connectivity index (χ1n) is 4.95. The van der Waals surface area contributed by atoms with E-state index in [1.54, 1.807) is 0 Å². The molecule has 3 N–H and O–H groups in total. The molecular formula is C11H8N4O2. The number of nitrogen functional groups attached to an aromatic ring is 1. The van der Waals surface area contributed by atoms with E-state index in [4.69, 9.17) is 10.3 Å². The second kappa shape index (κ2) is 3.53. The Morgan fingerprint density at radius 3 is 2.94 bits per heavy atom. The number of hydrogen-bond acceptors (Lipinski definition) is 5. The highest BCUT2D eigenvalue weighted by Crippen LogP contribution is 2.30. The van der Waals surface area contributed by atoms with Gasteiger partial charge in [-0.1, -0.05) is 12.1 Å². The number of nitrogens with one attached hydrogen (secondary N) is 1. The van der Waals surface area contributed by atoms with E-state index in [0.29, 0.717) is 16.8 Å². The Balaban J connectivity index is 2.31. The first kappa shape index (κ1) is 9.73. The molecule has 0 saturated carbocycles. The van der Waals surface area contributed by atoms with E-state index in [9.17, 15) is 4.79 Å². The Labute approximate surface area is 95.7 Å². The molecule has 0 bridgehead atoms. The number of hydrazine groups is 1. The molecule has 0 radical (unpaired) electrons. The molecule has 3 rings (SSSR count). The van der Waals surface area contributed by atoms with Crippen LogP contribution in [0.3, 0.4) is 0 Å². The van der Waals surface area contributed by atoms with Gasteiger partial charge in [0.05, 0.1) is 5.56 Å². The van der Waals surface area contributed by atoms with Crippen LogP contribution >= 0.6 is 0 Å². The lowest BCUT2D eigenvalue weighted by Crippen LogP contribution is -2.30. The SMILES string of the molecule is NNC(=O)c1nnc2c3ccccc3occ1-2. The Kier molecular flexibility index (Phi) is 2.02. The number of benzene rings is 1. The minimum absolute atomic E-state index is 0.164. The van der Waals surface area contributed by atoms with Crippen molar-refractivity contribution in [2.75, 3.05) is 0 Å². The van der Waals surface area contributed by atoms with Crippen molar-refractivity contribution in [1.29, 1.82) is 0 Å². The average molecular weight is 228 g/mol. The van der Waals surface area contributed by atoms with Crippen LogP contribution in [0.4, 0.5) is 0 Å². The highest BCUT2D eigenvalue weighted by molar-refractivity contribution is 6.03. The van der Waals surface area contributed by atoms with Gasteiger partial charge in [0.15, 0.2) is 5.69 Å². The van der Waals surface area contributed by atoms with Crippen LogP contribution in [0.2, 0.25) is 0 Å². The van der Waals surface area contributed by atoms with Gasteiger partial charge in [-0.15, -0.1) is 10.2 Å². The van der Waals surface area contributed by atoms with Crippen molar-refractivity contribution in [2.24, 2.45) is 5.84 Å². The molecule has 84 valence electrons. The number of carbonyl (C=O) groups is 1. The highest BCUT2D eigenvalue weighted by atomic mass is 16.3. The summed E-state index contributed by atoms with van der Waals surface area (Å²) in [7, 11) is 0. The number of aromatic nitrogens is 2. The smallest absolute Gasteiger partial charge is 0.286 e. The Hall–Kier alpha value is -2.47. The van der Waals surface area contributed by atoms with Crippen molar-refractivity contribution in [3.05, 3.63) is 36.2 Å². The molecular weight excluding hydrogens is 220 g/mol. The maximum atomic E-state index is 11.4. The molecule has 0 aromatic heterocycles. The van der Waals surface area contributed by atoms with Gasteiger partial charge in [0.2, 0.25) is 0 Å². The summed E-state index contributed by atoms with van der Waals surface area (Å²) in [6, 6.07) is 7.42. The van der Waals surface area contributed by atoms with E-state index in [0.717, 1.165) is 5.39 Å². The molecule has 2 aliphatic heterocycles. The number of rotatable bonds is 1. The van der Waals surface area contributed by atoms with Crippen molar-refractivity contribution in [2.45, 2.75) is 0 Å². The first-order chi connectivity index (χ1) is 8.31. The van der Waals surface area contributed by atoms with Crippen molar-refractivity contribution in [3.8, 4) is 11.3 Å². The zero-order valence-corrected chi connectivity index (χ0v) is 8.68. The van der Waals surface area contributed by atoms with Gasteiger partial charge in [-0.05, 0) is 12.1 Å². The normalized spacial score (nSPS) is 10.9. The van der Waals surface area contributed by atoms with Gasteiger partial charge in [-0.25, -0.2) is 5.84 Å². The third-order valence-corrected chi connectivity index (χ3v) is 2.55. The van der Waals surface area contributed by atoms with Crippen LogP contribution in [0, 0.1) is 0 Å². The van der Waals surface area contributed by atoms with E-state index >= 15 is 0 Å². The molecule has 0 unspecified atom stereocenters. The molecule has 17 heavy (non-hydrogen) atoms. The van der Waals surface area contributed by atoms with Gasteiger partial charge >= 0.3 is 0 Å². The van der Waals surface area contributed by atoms with Crippen LogP contribution in [0.25, 0.3) is 22.2 Å². The molecule has 1 aromatic carbocycles. The summed E-state index contributed by atoms with van der Waals surface area (Å²) in [6.45, 7) is 0. The molecule has 0 aliphatic carbocycles. The van der Waals surface area contributed by atoms with Gasteiger partial charge in [0, 0.05) is 5.39 Å². The van der Waals surface area contributed by atoms with E-state index in [1.165, 1.54) is 6.26 Å². The maximum absolute atomic E-state index is 11.4. The highest BCUT2D eigenvalue weighted by Gasteiger charge is 2.22. The van der Waals surface area contributed by atoms with E-state index in [1.807, 2.05) is 29.7 Å². The topological polar surface area (TPSA) is 94.0 Å². The summed E-state index contributed by atoms with van der Waals surface area (Å²) in [4.78, 5) is 11.4. The van der Waals surface area contributed by atoms with E-state index < -0.39 is 5.91 Å². The summed E-state index contributed by atoms with van der Waals surface area (Å²) >= 11 is 0. The number of carbonyl (C=O) groups excluding carboxylic acids is 1. The molecule has 6 nitrogen and oxygen atoms in total. The van der Waals surface area contributed by atoms with Crippen LogP contribution in [-0.2, 0) is 0 Å². The van der Waals surface area contributed by atoms with Gasteiger partial charge in [-0.3, -0.25) is 10.2 Å². The van der Waals surface area contributed by atoms with Crippen molar-refractivity contribution in [1.82, 2.24) is 15.6 Å². The van der Waals surface area contributed by atoms with Gasteiger partial charge in [0.25, 0.3) is 5.91 Å². The predicted octanol–water partition coefficient (Wildman–Crippen LogP) is 0.931. The van der Waals surface area contributed by atoms with Crippen molar-refractivity contribution in [3.63, 3.8) is 0 Å². The number of para-hydroxylation sites is 1. The standard InChI is InChI=1S/C11H8N4O2/c12-13-11(16)10-7-5-17-8-4-2-1-3-6(8)9(7)14-15-10/h1-5H,12H2,(H,13,16). The molecule has 6 heteroatoms. The molecule has 1 amide bonds. The molecule has 0 fully saturated rings. The fourth-order valence-corrected chi connectivity index (χ4v) is 1.75. The van der Waals surface area contributed by atoms with Crippen LogP contribution in [0.5, 0.6) is 0 Å². The quantitative estimate of drug-likeness (QED) is 0.367. The van der Waals surface area contributed by atoms with Crippen LogP contribution < -0.4 is 11.3 Å². The van der Waals surface area contributed by atoms with Crippen LogP contribution in [0.1, 0.15) is 10.5 Å². The molecule has 0 atom stereocenters. The molecule has 2 heterocycles. The fourth-order valence-electron chi connectivity index (χ4n) is 1.75. The lowest BCUT2D eigenvalue weighted by atomic mass is 10.1. The predicted molar refractivity (Wildman–Crippen MR) is 60.1 cm³/mol. The van der Waals surface area contributed by atoms with Crippen molar-refractivity contribution < 1.29 is 9.21 Å². The zero-order valence-electron chi connectivity index (χ0n) is 8.68. The number of hydrogen-bond donors (Lipinski definition) is 2. The third kappa shape index (κ3) is 1.35. The van der Waals surface area contributed by atoms with Gasteiger partial charge in [0.1, 0.15) is 17.5 Å². The summed E-state index contributed by atoms with van der Waals surface area (Å²) in [5, 5.41) is 8.62.